The van der Waals surface area contributed by atoms with Gasteiger partial charge in [0.05, 0.1) is 19.6 Å². The number of hydrogen-bond donors (Lipinski definition) is 2. The first-order valence-electron chi connectivity index (χ1n) is 29.1. The molecule has 0 aromatic heterocycles. The number of carbonyl (C=O) groups excluding carboxylic acids is 4. The highest BCUT2D eigenvalue weighted by atomic mass is 32.2. The second-order valence-electron chi connectivity index (χ2n) is 22.8. The normalized spacial score (nSPS) is 19.7. The maximum Gasteiger partial charge on any atom is 0.251 e. The molecule has 18 heteroatoms. The van der Waals surface area contributed by atoms with Crippen molar-refractivity contribution in [2.75, 3.05) is 72.0 Å². The zero-order chi connectivity index (χ0) is 59.5. The number of amides is 4. The minimum atomic E-state index is -3.32. The summed E-state index contributed by atoms with van der Waals surface area (Å²) < 4.78 is 69.1. The molecule has 444 valence electrons. The van der Waals surface area contributed by atoms with Crippen LogP contribution in [0.2, 0.25) is 0 Å². The average Bonchev–Trinajstić information content (AvgIpc) is 4.61. The standard InChI is InChI=1S/C34H41N3O5S.C32H36FN3O4S/c1-24-7-9-27(10-8-24)31-23-29(31)5-4-6-32(34(39)36-19-21-37(22-20-36)43(3,40)41)35-33(38)28-13-11-25(12-14-28)26-15-17-30(42-2)18-16-26;1-41(39,40)36-20-18-35(19-21-36)32(38)30(9-5-8-27-22-29(27)25-14-16-28(33)17-15-25)34-31(37)26-12-10-24(11-13-26)23-6-3-2-4-7-23/h7-18,29,31-32H,4-6,19-23H2,1-3H3,(H,35,38);2-4,6-7,10-17,27,29-30H,5,8-9,18-22H2,1H3,(H,34,37)/t29-,31+,32-;27-,29+,30-/m00/s1. The SMILES string of the molecule is COc1ccc(-c2ccc(C(=O)N[C@@H](CCC[C@H]3C[C@@H]3c3ccc(C)cc3)C(=O)N3CCN(S(C)(=O)=O)CC3)cc2)cc1.CS(=O)(=O)N1CCN(C(=O)[C@H](CCC[C@H]2C[C@@H]2c2ccc(F)cc2)NC(=O)c2ccc(-c3ccccc3)cc2)CC1. The summed E-state index contributed by atoms with van der Waals surface area (Å²) in [6.07, 6.45) is 9.08. The molecule has 6 atom stereocenters. The number of benzene rings is 6. The summed E-state index contributed by atoms with van der Waals surface area (Å²) in [7, 11) is -4.99. The molecule has 2 aliphatic heterocycles. The van der Waals surface area contributed by atoms with Crippen molar-refractivity contribution in [1.29, 1.82) is 0 Å². The number of hydrogen-bond acceptors (Lipinski definition) is 9. The van der Waals surface area contributed by atoms with E-state index < -0.39 is 32.1 Å². The first-order chi connectivity index (χ1) is 40.3. The van der Waals surface area contributed by atoms with Crippen molar-refractivity contribution < 1.29 is 45.1 Å². The summed E-state index contributed by atoms with van der Waals surface area (Å²) >= 11 is 0. The van der Waals surface area contributed by atoms with Gasteiger partial charge in [-0.1, -0.05) is 122 Å². The lowest BCUT2D eigenvalue weighted by Crippen LogP contribution is -2.55. The van der Waals surface area contributed by atoms with Crippen LogP contribution in [0.4, 0.5) is 4.39 Å². The lowest BCUT2D eigenvalue weighted by molar-refractivity contribution is -0.135. The van der Waals surface area contributed by atoms with E-state index in [9.17, 15) is 40.4 Å². The first kappa shape index (κ1) is 61.3. The van der Waals surface area contributed by atoms with E-state index in [1.165, 1.54) is 44.4 Å². The van der Waals surface area contributed by atoms with Crippen LogP contribution in [0.15, 0.2) is 152 Å². The summed E-state index contributed by atoms with van der Waals surface area (Å²) in [5.74, 6) is 1.65. The van der Waals surface area contributed by atoms with E-state index in [0.29, 0.717) is 73.8 Å². The third-order valence-electron chi connectivity index (χ3n) is 16.9. The van der Waals surface area contributed by atoms with Gasteiger partial charge in [0.15, 0.2) is 0 Å². The maximum absolute atomic E-state index is 13.7. The Labute approximate surface area is 494 Å². The molecule has 0 unspecified atom stereocenters. The van der Waals surface area contributed by atoms with E-state index in [1.807, 2.05) is 91.0 Å². The monoisotopic (exact) mass is 1180 g/mol. The van der Waals surface area contributed by atoms with Gasteiger partial charge in [-0.3, -0.25) is 19.2 Å². The number of carbonyl (C=O) groups is 4. The molecule has 84 heavy (non-hydrogen) atoms. The fourth-order valence-corrected chi connectivity index (χ4v) is 13.3. The summed E-state index contributed by atoms with van der Waals surface area (Å²) in [6.45, 7) is 4.31. The predicted octanol–water partition coefficient (Wildman–Crippen LogP) is 9.52. The molecule has 4 aliphatic rings. The molecule has 2 N–H and O–H groups in total. The van der Waals surface area contributed by atoms with Crippen LogP contribution in [-0.4, -0.2) is 143 Å². The maximum atomic E-state index is 13.7. The second-order valence-corrected chi connectivity index (χ2v) is 26.8. The molecule has 6 aromatic rings. The minimum absolute atomic E-state index is 0.151. The molecular weight excluding hydrogens is 1100 g/mol. The average molecular weight is 1180 g/mol. The number of ether oxygens (including phenoxy) is 1. The number of rotatable bonds is 21. The quantitative estimate of drug-likeness (QED) is 0.0709. The Kier molecular flexibility index (Phi) is 20.2. The molecule has 10 rings (SSSR count). The lowest BCUT2D eigenvalue weighted by Gasteiger charge is -2.35. The second kappa shape index (κ2) is 27.6. The van der Waals surface area contributed by atoms with Gasteiger partial charge in [-0.2, -0.15) is 8.61 Å². The molecular formula is C66H77FN6O9S2. The van der Waals surface area contributed by atoms with Gasteiger partial charge < -0.3 is 25.2 Å². The van der Waals surface area contributed by atoms with Crippen molar-refractivity contribution >= 4 is 43.7 Å². The summed E-state index contributed by atoms with van der Waals surface area (Å²) in [5.41, 5.74) is 8.77. The van der Waals surface area contributed by atoms with E-state index in [4.69, 9.17) is 4.74 Å². The lowest BCUT2D eigenvalue weighted by atomic mass is 10.0. The van der Waals surface area contributed by atoms with Crippen LogP contribution in [0.25, 0.3) is 22.3 Å². The van der Waals surface area contributed by atoms with Crippen molar-refractivity contribution in [3.63, 3.8) is 0 Å². The zero-order valence-electron chi connectivity index (χ0n) is 48.4. The van der Waals surface area contributed by atoms with E-state index >= 15 is 0 Å². The van der Waals surface area contributed by atoms with Crippen molar-refractivity contribution in [2.45, 2.75) is 82.2 Å². The summed E-state index contributed by atoms with van der Waals surface area (Å²) in [6, 6.07) is 46.3. The van der Waals surface area contributed by atoms with Gasteiger partial charge in [0.1, 0.15) is 23.7 Å². The van der Waals surface area contributed by atoms with Gasteiger partial charge in [0.2, 0.25) is 31.9 Å². The smallest absolute Gasteiger partial charge is 0.251 e. The van der Waals surface area contributed by atoms with E-state index in [-0.39, 0.29) is 55.6 Å². The number of piperazine rings is 2. The zero-order valence-corrected chi connectivity index (χ0v) is 50.0. The van der Waals surface area contributed by atoms with Gasteiger partial charge in [-0.05, 0) is 151 Å². The molecule has 6 aromatic carbocycles. The number of sulfonamides is 2. The molecule has 2 aliphatic carbocycles. The molecule has 2 heterocycles. The van der Waals surface area contributed by atoms with E-state index in [1.54, 1.807) is 41.2 Å². The molecule has 2 saturated heterocycles. The van der Waals surface area contributed by atoms with Gasteiger partial charge in [-0.15, -0.1) is 0 Å². The number of methoxy groups -OCH3 is 1. The fourth-order valence-electron chi connectivity index (χ4n) is 11.6. The molecule has 0 spiro atoms. The number of nitrogens with zero attached hydrogens (tertiary/aromatic N) is 4. The van der Waals surface area contributed by atoms with Crippen molar-refractivity contribution in [1.82, 2.24) is 29.0 Å². The Balaban J connectivity index is 0.000000202. The van der Waals surface area contributed by atoms with Crippen LogP contribution in [0.3, 0.4) is 0 Å². The summed E-state index contributed by atoms with van der Waals surface area (Å²) in [5, 5.41) is 5.98. The molecule has 2 saturated carbocycles. The molecule has 0 bridgehead atoms. The first-order valence-corrected chi connectivity index (χ1v) is 32.8. The highest BCUT2D eigenvalue weighted by Gasteiger charge is 2.40. The Morgan fingerprint density at radius 2 is 0.881 bits per heavy atom. The Hall–Kier alpha value is -7.25. The number of halogens is 1. The van der Waals surface area contributed by atoms with Gasteiger partial charge in [0.25, 0.3) is 11.8 Å². The van der Waals surface area contributed by atoms with Crippen molar-refractivity contribution in [3.05, 3.63) is 185 Å². The Morgan fingerprint density at radius 1 is 0.512 bits per heavy atom. The van der Waals surface area contributed by atoms with Crippen LogP contribution in [0.1, 0.15) is 101 Å². The van der Waals surface area contributed by atoms with Crippen LogP contribution < -0.4 is 15.4 Å². The van der Waals surface area contributed by atoms with Crippen molar-refractivity contribution in [2.24, 2.45) is 11.8 Å². The highest BCUT2D eigenvalue weighted by Crippen LogP contribution is 2.51. The van der Waals surface area contributed by atoms with E-state index in [0.717, 1.165) is 72.1 Å². The topological polar surface area (TPSA) is 183 Å². The van der Waals surface area contributed by atoms with Gasteiger partial charge in [0, 0.05) is 63.5 Å². The largest absolute Gasteiger partial charge is 0.497 e. The Bertz CT molecular complexity index is 3430. The minimum Gasteiger partial charge on any atom is -0.497 e. The van der Waals surface area contributed by atoms with Crippen LogP contribution in [0, 0.1) is 24.6 Å². The number of aryl methyl sites for hydroxylation is 1. The van der Waals surface area contributed by atoms with Crippen LogP contribution >= 0.6 is 0 Å². The van der Waals surface area contributed by atoms with E-state index in [2.05, 4.69) is 41.8 Å². The molecule has 15 nitrogen and oxygen atoms in total. The molecule has 0 radical (unpaired) electrons. The van der Waals surface area contributed by atoms with Crippen LogP contribution in [0.5, 0.6) is 5.75 Å². The molecule has 4 fully saturated rings. The highest BCUT2D eigenvalue weighted by molar-refractivity contribution is 7.88. The third-order valence-corrected chi connectivity index (χ3v) is 19.5. The van der Waals surface area contributed by atoms with Gasteiger partial charge in [-0.25, -0.2) is 21.2 Å². The third kappa shape index (κ3) is 16.5. The number of nitrogens with one attached hydrogen (secondary N) is 2. The van der Waals surface area contributed by atoms with Crippen LogP contribution in [-0.2, 0) is 29.6 Å². The Morgan fingerprint density at radius 3 is 1.26 bits per heavy atom. The predicted molar refractivity (Wildman–Crippen MR) is 326 cm³/mol. The summed E-state index contributed by atoms with van der Waals surface area (Å²) in [4.78, 5) is 57.2. The van der Waals surface area contributed by atoms with Gasteiger partial charge >= 0.3 is 0 Å². The molecule has 4 amide bonds. The fraction of sp³-hybridized carbons (Fsp3) is 0.394. The van der Waals surface area contributed by atoms with Crippen molar-refractivity contribution in [3.8, 4) is 28.0 Å².